The molecule has 0 unspecified atom stereocenters. The molecule has 0 saturated carbocycles. The average Bonchev–Trinajstić information content (AvgIpc) is 2.84. The first-order valence-electron chi connectivity index (χ1n) is 6.55. The summed E-state index contributed by atoms with van der Waals surface area (Å²) in [7, 11) is 0. The van der Waals surface area contributed by atoms with Crippen molar-refractivity contribution in [3.8, 4) is 17.2 Å². The number of carbonyl (C=O) groups excluding carboxylic acids is 1. The highest BCUT2D eigenvalue weighted by atomic mass is 35.5. The maximum atomic E-state index is 11.9. The topological polar surface area (TPSA) is 40.9 Å². The van der Waals surface area contributed by atoms with Crippen LogP contribution < -0.4 is 0 Å². The summed E-state index contributed by atoms with van der Waals surface area (Å²) >= 11 is 8.97. The zero-order valence-electron chi connectivity index (χ0n) is 11.8. The third-order valence-electron chi connectivity index (χ3n) is 2.88. The lowest BCUT2D eigenvalue weighted by atomic mass is 10.0. The molecule has 0 fully saturated rings. The van der Waals surface area contributed by atoms with Crippen LogP contribution in [-0.4, -0.2) is 11.5 Å². The summed E-state index contributed by atoms with van der Waals surface area (Å²) in [5, 5.41) is 10.2. The van der Waals surface area contributed by atoms with Crippen LogP contribution in [0.4, 0.5) is 0 Å². The van der Waals surface area contributed by atoms with E-state index >= 15 is 0 Å². The maximum absolute atomic E-state index is 11.9. The fourth-order valence-corrected chi connectivity index (χ4v) is 4.39. The number of halogens is 1. The van der Waals surface area contributed by atoms with Crippen molar-refractivity contribution < 1.29 is 4.79 Å². The third kappa shape index (κ3) is 3.49. The van der Waals surface area contributed by atoms with Gasteiger partial charge in [-0.1, -0.05) is 30.7 Å². The minimum Gasteiger partial charge on any atom is -0.294 e. The first-order chi connectivity index (χ1) is 10.1. The molecule has 2 nitrogen and oxygen atoms in total. The van der Waals surface area contributed by atoms with Gasteiger partial charge in [0.2, 0.25) is 0 Å². The smallest absolute Gasteiger partial charge is 0.170 e. The number of thiophene rings is 1. The number of benzene rings is 1. The van der Waals surface area contributed by atoms with Crippen LogP contribution in [0.15, 0.2) is 28.5 Å². The normalized spacial score (nSPS) is 10.4. The van der Waals surface area contributed by atoms with Crippen LogP contribution in [0.3, 0.4) is 0 Å². The molecule has 1 aromatic heterocycles. The van der Waals surface area contributed by atoms with E-state index in [0.717, 1.165) is 27.5 Å². The van der Waals surface area contributed by atoms with E-state index in [2.05, 4.69) is 13.0 Å². The molecular formula is C16H14ClNOS2. The summed E-state index contributed by atoms with van der Waals surface area (Å²) in [6, 6.07) is 9.52. The van der Waals surface area contributed by atoms with E-state index in [0.29, 0.717) is 15.5 Å². The molecule has 2 rings (SSSR count). The number of carbonyl (C=O) groups is 1. The first-order valence-corrected chi connectivity index (χ1v) is 8.73. The monoisotopic (exact) mass is 335 g/mol. The van der Waals surface area contributed by atoms with Crippen molar-refractivity contribution in [2.45, 2.75) is 24.5 Å². The van der Waals surface area contributed by atoms with Gasteiger partial charge in [-0.05, 0) is 36.8 Å². The van der Waals surface area contributed by atoms with E-state index in [-0.39, 0.29) is 5.78 Å². The number of hydrogen-bond acceptors (Lipinski definition) is 4. The Hall–Kier alpha value is -1.28. The van der Waals surface area contributed by atoms with E-state index in [4.69, 9.17) is 11.6 Å². The van der Waals surface area contributed by atoms with Gasteiger partial charge in [-0.2, -0.15) is 5.26 Å². The molecule has 0 bridgehead atoms. The zero-order chi connectivity index (χ0) is 15.4. The second-order valence-corrected chi connectivity index (χ2v) is 7.31. The van der Waals surface area contributed by atoms with Crippen LogP contribution in [0.2, 0.25) is 5.02 Å². The highest BCUT2D eigenvalue weighted by Gasteiger charge is 2.22. The number of rotatable bonds is 5. The Morgan fingerprint density at radius 2 is 2.05 bits per heavy atom. The Morgan fingerprint density at radius 3 is 2.57 bits per heavy atom. The molecule has 0 radical (unpaired) electrons. The van der Waals surface area contributed by atoms with Gasteiger partial charge in [-0.15, -0.1) is 23.1 Å². The van der Waals surface area contributed by atoms with Gasteiger partial charge in [-0.25, -0.2) is 0 Å². The highest BCUT2D eigenvalue weighted by Crippen LogP contribution is 2.42. The summed E-state index contributed by atoms with van der Waals surface area (Å²) in [6.07, 6.45) is 1.03. The number of hydrogen-bond donors (Lipinski definition) is 0. The first kappa shape index (κ1) is 16.1. The summed E-state index contributed by atoms with van der Waals surface area (Å²) in [5.41, 5.74) is 2.21. The van der Waals surface area contributed by atoms with Crippen LogP contribution in [0.5, 0.6) is 0 Å². The molecule has 0 aliphatic heterocycles. The number of nitrogens with zero attached hydrogens (tertiary/aromatic N) is 1. The standard InChI is InChI=1S/C16H14ClNOS2/c1-3-8-20-16-13(9-18)14(15(21-16)10(2)19)11-4-6-12(17)7-5-11/h4-7H,3,8H2,1-2H3. The van der Waals surface area contributed by atoms with Crippen molar-refractivity contribution in [1.82, 2.24) is 0 Å². The lowest BCUT2D eigenvalue weighted by Crippen LogP contribution is -1.92. The molecule has 108 valence electrons. The number of ketones is 1. The molecule has 1 aromatic carbocycles. The van der Waals surface area contributed by atoms with Gasteiger partial charge in [0, 0.05) is 10.6 Å². The third-order valence-corrected chi connectivity index (χ3v) is 5.90. The van der Waals surface area contributed by atoms with Gasteiger partial charge < -0.3 is 0 Å². The fourth-order valence-electron chi connectivity index (χ4n) is 1.95. The Morgan fingerprint density at radius 1 is 1.38 bits per heavy atom. The van der Waals surface area contributed by atoms with Gasteiger partial charge in [0.15, 0.2) is 5.78 Å². The van der Waals surface area contributed by atoms with Crippen LogP contribution in [0, 0.1) is 11.3 Å². The lowest BCUT2D eigenvalue weighted by Gasteiger charge is -2.03. The molecule has 0 saturated heterocycles. The quantitative estimate of drug-likeness (QED) is 0.524. The second-order valence-electron chi connectivity index (χ2n) is 4.49. The number of Topliss-reactive ketones (excluding diaryl/α,β-unsaturated/α-hetero) is 1. The van der Waals surface area contributed by atoms with Gasteiger partial charge in [0.1, 0.15) is 6.07 Å². The molecule has 1 heterocycles. The van der Waals surface area contributed by atoms with Gasteiger partial charge in [0.25, 0.3) is 0 Å². The Bertz CT molecular complexity index is 698. The lowest BCUT2D eigenvalue weighted by molar-refractivity contribution is 0.102. The van der Waals surface area contributed by atoms with E-state index in [1.54, 1.807) is 30.8 Å². The molecule has 21 heavy (non-hydrogen) atoms. The maximum Gasteiger partial charge on any atom is 0.170 e. The van der Waals surface area contributed by atoms with E-state index in [1.807, 2.05) is 12.1 Å². The summed E-state index contributed by atoms with van der Waals surface area (Å²) in [6.45, 7) is 3.64. The second kappa shape index (κ2) is 7.13. The minimum absolute atomic E-state index is 0.00945. The molecular weight excluding hydrogens is 322 g/mol. The van der Waals surface area contributed by atoms with Crippen molar-refractivity contribution in [3.05, 3.63) is 39.7 Å². The molecule has 0 spiro atoms. The van der Waals surface area contributed by atoms with E-state index in [9.17, 15) is 10.1 Å². The SMILES string of the molecule is CCCSc1sc(C(C)=O)c(-c2ccc(Cl)cc2)c1C#N. The van der Waals surface area contributed by atoms with Crippen LogP contribution >= 0.6 is 34.7 Å². The molecule has 0 atom stereocenters. The van der Waals surface area contributed by atoms with E-state index < -0.39 is 0 Å². The molecule has 0 aliphatic rings. The summed E-state index contributed by atoms with van der Waals surface area (Å²) in [5.74, 6) is 0.928. The van der Waals surface area contributed by atoms with Crippen molar-refractivity contribution in [2.24, 2.45) is 0 Å². The highest BCUT2D eigenvalue weighted by molar-refractivity contribution is 8.01. The van der Waals surface area contributed by atoms with Crippen molar-refractivity contribution in [2.75, 3.05) is 5.75 Å². The summed E-state index contributed by atoms with van der Waals surface area (Å²) < 4.78 is 0.925. The van der Waals surface area contributed by atoms with Crippen molar-refractivity contribution >= 4 is 40.5 Å². The van der Waals surface area contributed by atoms with Crippen molar-refractivity contribution in [3.63, 3.8) is 0 Å². The van der Waals surface area contributed by atoms with Crippen LogP contribution in [-0.2, 0) is 0 Å². The van der Waals surface area contributed by atoms with Gasteiger partial charge >= 0.3 is 0 Å². The largest absolute Gasteiger partial charge is 0.294 e. The predicted octanol–water partition coefficient (Wildman–Crippen LogP) is 5.64. The van der Waals surface area contributed by atoms with Crippen LogP contribution in [0.25, 0.3) is 11.1 Å². The molecule has 0 aliphatic carbocycles. The molecule has 2 aromatic rings. The van der Waals surface area contributed by atoms with E-state index in [1.165, 1.54) is 11.3 Å². The Labute approximate surface area is 137 Å². The molecule has 0 N–H and O–H groups in total. The van der Waals surface area contributed by atoms with Crippen LogP contribution in [0.1, 0.15) is 35.5 Å². The number of nitriles is 1. The predicted molar refractivity (Wildman–Crippen MR) is 90.5 cm³/mol. The van der Waals surface area contributed by atoms with Gasteiger partial charge in [-0.3, -0.25) is 4.79 Å². The Kier molecular flexibility index (Phi) is 5.46. The molecule has 5 heteroatoms. The minimum atomic E-state index is -0.00945. The Balaban J connectivity index is 2.61. The summed E-state index contributed by atoms with van der Waals surface area (Å²) in [4.78, 5) is 12.6. The van der Waals surface area contributed by atoms with Crippen molar-refractivity contribution in [1.29, 1.82) is 5.26 Å². The average molecular weight is 336 g/mol. The molecule has 0 amide bonds. The number of thioether (sulfide) groups is 1. The zero-order valence-corrected chi connectivity index (χ0v) is 14.2. The van der Waals surface area contributed by atoms with Gasteiger partial charge in [0.05, 0.1) is 14.6 Å². The fraction of sp³-hybridized carbons (Fsp3) is 0.250.